The first-order valence-electron chi connectivity index (χ1n) is 6.61. The number of hydrogen-bond donors (Lipinski definition) is 1. The van der Waals surface area contributed by atoms with Crippen molar-refractivity contribution < 1.29 is 22.7 Å². The first-order chi connectivity index (χ1) is 10.8. The number of carbonyl (C=O) groups excluding carboxylic acids is 1. The van der Waals surface area contributed by atoms with Crippen molar-refractivity contribution in [1.29, 1.82) is 0 Å². The zero-order valence-electron chi connectivity index (χ0n) is 12.1. The van der Waals surface area contributed by atoms with E-state index in [1.165, 1.54) is 35.7 Å². The number of hydrogen-bond acceptors (Lipinski definition) is 5. The highest BCUT2D eigenvalue weighted by Gasteiger charge is 2.27. The molecule has 7 nitrogen and oxygen atoms in total. The Bertz CT molecular complexity index is 645. The fraction of sp³-hybridized carbons (Fsp3) is 0.385. The fourth-order valence-corrected chi connectivity index (χ4v) is 1.71. The maximum absolute atomic E-state index is 12.1. The molecular formula is C13H14F3N5O2. The molecule has 0 aliphatic heterocycles. The second-order valence-corrected chi connectivity index (χ2v) is 4.75. The zero-order valence-corrected chi connectivity index (χ0v) is 12.1. The first kappa shape index (κ1) is 16.9. The Morgan fingerprint density at radius 2 is 2.26 bits per heavy atom. The van der Waals surface area contributed by atoms with Crippen LogP contribution in [-0.2, 0) is 4.74 Å². The van der Waals surface area contributed by atoms with Crippen LogP contribution >= 0.6 is 0 Å². The Morgan fingerprint density at radius 3 is 2.91 bits per heavy atom. The van der Waals surface area contributed by atoms with Gasteiger partial charge in [-0.05, 0) is 19.1 Å². The number of ether oxygens (including phenoxy) is 1. The molecule has 0 aliphatic rings. The summed E-state index contributed by atoms with van der Waals surface area (Å²) in [6.45, 7) is -0.0427. The van der Waals surface area contributed by atoms with E-state index in [-0.39, 0.29) is 6.61 Å². The summed E-state index contributed by atoms with van der Waals surface area (Å²) in [6, 6.07) is 2.40. The Balaban J connectivity index is 1.92. The molecule has 1 amide bonds. The molecule has 2 rings (SSSR count). The van der Waals surface area contributed by atoms with Crippen LogP contribution in [0.1, 0.15) is 17.3 Å². The predicted molar refractivity (Wildman–Crippen MR) is 73.0 cm³/mol. The molecule has 0 saturated carbocycles. The lowest BCUT2D eigenvalue weighted by molar-refractivity contribution is -0.174. The number of rotatable bonds is 6. The minimum Gasteiger partial charge on any atom is -0.370 e. The van der Waals surface area contributed by atoms with Crippen molar-refractivity contribution in [2.75, 3.05) is 13.2 Å². The summed E-state index contributed by atoms with van der Waals surface area (Å²) in [7, 11) is 0. The lowest BCUT2D eigenvalue weighted by atomic mass is 10.2. The molecule has 10 heteroatoms. The second kappa shape index (κ2) is 7.18. The molecule has 0 aliphatic carbocycles. The molecular weight excluding hydrogens is 315 g/mol. The van der Waals surface area contributed by atoms with Gasteiger partial charge in [-0.1, -0.05) is 0 Å². The lowest BCUT2D eigenvalue weighted by Crippen LogP contribution is -2.36. The van der Waals surface area contributed by atoms with Crippen LogP contribution in [0.4, 0.5) is 13.2 Å². The quantitative estimate of drug-likeness (QED) is 0.865. The molecule has 1 N–H and O–H groups in total. The topological polar surface area (TPSA) is 81.9 Å². The van der Waals surface area contributed by atoms with Gasteiger partial charge in [0, 0.05) is 17.8 Å². The highest BCUT2D eigenvalue weighted by molar-refractivity contribution is 5.94. The summed E-state index contributed by atoms with van der Waals surface area (Å²) in [5, 5.41) is 6.45. The van der Waals surface area contributed by atoms with Crippen molar-refractivity contribution >= 4 is 5.91 Å². The lowest BCUT2D eigenvalue weighted by Gasteiger charge is -2.15. The van der Waals surface area contributed by atoms with E-state index in [9.17, 15) is 18.0 Å². The SMILES string of the molecule is C[C@@H](COCC(F)(F)F)NC(=O)c1ccnc(-n2cncn2)c1. The first-order valence-corrected chi connectivity index (χ1v) is 6.61. The number of alkyl halides is 3. The molecule has 0 fully saturated rings. The normalized spacial score (nSPS) is 12.9. The Labute approximate surface area is 129 Å². The number of amides is 1. The summed E-state index contributed by atoms with van der Waals surface area (Å²) in [4.78, 5) is 19.9. The highest BCUT2D eigenvalue weighted by Crippen LogP contribution is 2.14. The van der Waals surface area contributed by atoms with E-state index < -0.39 is 24.7 Å². The predicted octanol–water partition coefficient (Wildman–Crippen LogP) is 1.36. The monoisotopic (exact) mass is 329 g/mol. The van der Waals surface area contributed by atoms with Crippen molar-refractivity contribution in [1.82, 2.24) is 25.1 Å². The van der Waals surface area contributed by atoms with Crippen LogP contribution in [0.15, 0.2) is 31.0 Å². The Kier molecular flexibility index (Phi) is 5.27. The summed E-state index contributed by atoms with van der Waals surface area (Å²) < 4.78 is 41.8. The molecule has 0 aromatic carbocycles. The third-order valence-corrected chi connectivity index (χ3v) is 2.67. The standard InChI is InChI=1S/C13H14F3N5O2/c1-9(5-23-6-13(14,15)16)20-12(22)10-2-3-18-11(4-10)21-8-17-7-19-21/h2-4,7-9H,5-6H2,1H3,(H,20,22)/t9-/m0/s1. The van der Waals surface area contributed by atoms with Gasteiger partial charge in [-0.2, -0.15) is 18.3 Å². The molecule has 0 unspecified atom stereocenters. The van der Waals surface area contributed by atoms with E-state index >= 15 is 0 Å². The van der Waals surface area contributed by atoms with Gasteiger partial charge in [0.25, 0.3) is 5.91 Å². The number of pyridine rings is 1. The summed E-state index contributed by atoms with van der Waals surface area (Å²) in [6.07, 6.45) is -0.204. The summed E-state index contributed by atoms with van der Waals surface area (Å²) in [5.74, 6) is -0.0481. The summed E-state index contributed by atoms with van der Waals surface area (Å²) >= 11 is 0. The van der Waals surface area contributed by atoms with Crippen LogP contribution in [0.5, 0.6) is 0 Å². The van der Waals surface area contributed by atoms with Gasteiger partial charge < -0.3 is 10.1 Å². The average Bonchev–Trinajstić information content (AvgIpc) is 3.00. The van der Waals surface area contributed by atoms with Crippen LogP contribution in [-0.4, -0.2) is 51.1 Å². The Hall–Kier alpha value is -2.49. The minimum atomic E-state index is -4.39. The van der Waals surface area contributed by atoms with Crippen LogP contribution in [0.25, 0.3) is 5.82 Å². The van der Waals surface area contributed by atoms with E-state index in [0.29, 0.717) is 11.4 Å². The molecule has 0 radical (unpaired) electrons. The van der Waals surface area contributed by atoms with E-state index in [2.05, 4.69) is 25.1 Å². The number of carbonyl (C=O) groups is 1. The van der Waals surface area contributed by atoms with Gasteiger partial charge in [0.2, 0.25) is 0 Å². The maximum atomic E-state index is 12.1. The largest absolute Gasteiger partial charge is 0.411 e. The van der Waals surface area contributed by atoms with Gasteiger partial charge in [-0.15, -0.1) is 0 Å². The van der Waals surface area contributed by atoms with E-state index in [0.717, 1.165) is 0 Å². The van der Waals surface area contributed by atoms with Crippen molar-refractivity contribution in [2.24, 2.45) is 0 Å². The average molecular weight is 329 g/mol. The van der Waals surface area contributed by atoms with Crippen molar-refractivity contribution in [2.45, 2.75) is 19.1 Å². The molecule has 2 aromatic rings. The van der Waals surface area contributed by atoms with Gasteiger partial charge in [0.05, 0.1) is 6.61 Å². The molecule has 0 saturated heterocycles. The molecule has 2 aromatic heterocycles. The number of aromatic nitrogens is 4. The van der Waals surface area contributed by atoms with Gasteiger partial charge in [-0.25, -0.2) is 14.6 Å². The fourth-order valence-electron chi connectivity index (χ4n) is 1.71. The molecule has 124 valence electrons. The summed E-state index contributed by atoms with van der Waals surface area (Å²) in [5.41, 5.74) is 0.299. The van der Waals surface area contributed by atoms with Crippen LogP contribution in [0.2, 0.25) is 0 Å². The molecule has 1 atom stereocenters. The van der Waals surface area contributed by atoms with E-state index in [1.54, 1.807) is 6.92 Å². The minimum absolute atomic E-state index is 0.244. The van der Waals surface area contributed by atoms with Gasteiger partial charge >= 0.3 is 6.18 Å². The molecule has 23 heavy (non-hydrogen) atoms. The number of nitrogens with one attached hydrogen (secondary N) is 1. The smallest absolute Gasteiger partial charge is 0.370 e. The van der Waals surface area contributed by atoms with Gasteiger partial charge in [0.1, 0.15) is 19.3 Å². The van der Waals surface area contributed by atoms with Gasteiger partial charge in [0.15, 0.2) is 5.82 Å². The van der Waals surface area contributed by atoms with Crippen LogP contribution in [0.3, 0.4) is 0 Å². The van der Waals surface area contributed by atoms with Gasteiger partial charge in [-0.3, -0.25) is 4.79 Å². The van der Waals surface area contributed by atoms with Crippen molar-refractivity contribution in [3.63, 3.8) is 0 Å². The van der Waals surface area contributed by atoms with Crippen LogP contribution in [0, 0.1) is 0 Å². The maximum Gasteiger partial charge on any atom is 0.411 e. The molecule has 0 spiro atoms. The molecule has 2 heterocycles. The van der Waals surface area contributed by atoms with Crippen molar-refractivity contribution in [3.8, 4) is 5.82 Å². The number of halogens is 3. The van der Waals surface area contributed by atoms with E-state index in [1.807, 2.05) is 0 Å². The third-order valence-electron chi connectivity index (χ3n) is 2.67. The Morgan fingerprint density at radius 1 is 1.48 bits per heavy atom. The second-order valence-electron chi connectivity index (χ2n) is 4.75. The highest BCUT2D eigenvalue weighted by atomic mass is 19.4. The zero-order chi connectivity index (χ0) is 16.9. The van der Waals surface area contributed by atoms with Crippen molar-refractivity contribution in [3.05, 3.63) is 36.5 Å². The van der Waals surface area contributed by atoms with Crippen LogP contribution < -0.4 is 5.32 Å². The van der Waals surface area contributed by atoms with E-state index in [4.69, 9.17) is 0 Å². The third kappa shape index (κ3) is 5.33. The number of nitrogens with zero attached hydrogens (tertiary/aromatic N) is 4. The molecule has 0 bridgehead atoms.